The summed E-state index contributed by atoms with van der Waals surface area (Å²) in [5.74, 6) is -0.890. The normalized spacial score (nSPS) is 14.1. The molecule has 0 aromatic heterocycles. The van der Waals surface area contributed by atoms with Crippen molar-refractivity contribution in [1.82, 2.24) is 0 Å². The summed E-state index contributed by atoms with van der Waals surface area (Å²) in [6, 6.07) is -0.848. The Morgan fingerprint density at radius 3 is 2.23 bits per heavy atom. The van der Waals surface area contributed by atoms with Gasteiger partial charge in [-0.25, -0.2) is 0 Å². The van der Waals surface area contributed by atoms with E-state index in [1.54, 1.807) is 0 Å². The quantitative estimate of drug-likeness (QED) is 0.734. The van der Waals surface area contributed by atoms with Gasteiger partial charge < -0.3 is 15.6 Å². The molecular formula is C8H16CsNO3. The van der Waals surface area contributed by atoms with E-state index in [9.17, 15) is 9.59 Å². The Morgan fingerprint density at radius 2 is 1.92 bits per heavy atom. The number of carboxylic acids is 1. The zero-order chi connectivity index (χ0) is 9.72. The molecule has 2 atom stereocenters. The first kappa shape index (κ1) is 16.6. The van der Waals surface area contributed by atoms with Gasteiger partial charge in [0, 0.05) is 6.42 Å². The van der Waals surface area contributed by atoms with E-state index < -0.39 is 12.0 Å². The second-order valence-electron chi connectivity index (χ2n) is 3.19. The molecule has 0 saturated carbocycles. The van der Waals surface area contributed by atoms with Gasteiger partial charge in [-0.3, -0.25) is 4.79 Å². The van der Waals surface area contributed by atoms with Gasteiger partial charge in [0.25, 0.3) is 0 Å². The van der Waals surface area contributed by atoms with Crippen LogP contribution in [0.2, 0.25) is 0 Å². The number of carboxylic acid groups (broad SMARTS) is 1. The molecule has 0 spiro atoms. The van der Waals surface area contributed by atoms with Gasteiger partial charge in [-0.15, -0.1) is 0 Å². The fourth-order valence-corrected chi connectivity index (χ4v) is 1.11. The number of Topliss-reactive ketones (excluding diaryl/α,β-unsaturated/α-hetero) is 1. The Balaban J connectivity index is 0. The first-order valence-corrected chi connectivity index (χ1v) is 3.91. The van der Waals surface area contributed by atoms with Crippen LogP contribution in [0, 0.1) is 5.92 Å². The third-order valence-corrected chi connectivity index (χ3v) is 1.61. The molecule has 0 aliphatic heterocycles. The first-order valence-electron chi connectivity index (χ1n) is 3.91. The Hall–Kier alpha value is 1.15. The van der Waals surface area contributed by atoms with E-state index in [-0.39, 0.29) is 80.6 Å². The average molecular weight is 307 g/mol. The van der Waals surface area contributed by atoms with Crippen molar-refractivity contribution in [1.29, 1.82) is 0 Å². The molecule has 0 aliphatic carbocycles. The summed E-state index contributed by atoms with van der Waals surface area (Å²) in [5.41, 5.74) is 5.28. The van der Waals surface area contributed by atoms with Crippen LogP contribution in [0.1, 0.15) is 26.7 Å². The van der Waals surface area contributed by atoms with E-state index in [1.807, 2.05) is 6.92 Å². The summed E-state index contributed by atoms with van der Waals surface area (Å²) in [6.07, 6.45) is 0.760. The maximum atomic E-state index is 10.6. The number of hydrogen-bond donors (Lipinski definition) is 2. The molecule has 72 valence electrons. The predicted molar refractivity (Wildman–Crippen MR) is 51.8 cm³/mol. The molecule has 13 heavy (non-hydrogen) atoms. The van der Waals surface area contributed by atoms with Crippen molar-refractivity contribution in [2.24, 2.45) is 11.7 Å². The van der Waals surface area contributed by atoms with Crippen LogP contribution in [0.15, 0.2) is 0 Å². The van der Waals surface area contributed by atoms with Crippen molar-refractivity contribution >= 4 is 80.6 Å². The third kappa shape index (κ3) is 9.46. The van der Waals surface area contributed by atoms with E-state index in [0.717, 1.165) is 0 Å². The van der Waals surface area contributed by atoms with Crippen LogP contribution in [-0.4, -0.2) is 91.8 Å². The van der Waals surface area contributed by atoms with Gasteiger partial charge in [-0.2, -0.15) is 0 Å². The minimum atomic E-state index is -1.01. The molecule has 0 aliphatic rings. The van der Waals surface area contributed by atoms with Gasteiger partial charge in [-0.1, -0.05) is 6.92 Å². The summed E-state index contributed by atoms with van der Waals surface area (Å²) in [6.45, 7) is 3.31. The van der Waals surface area contributed by atoms with Crippen LogP contribution < -0.4 is 5.73 Å². The first-order chi connectivity index (χ1) is 5.43. The fraction of sp³-hybridized carbons (Fsp3) is 0.750. The summed E-state index contributed by atoms with van der Waals surface area (Å²) in [4.78, 5) is 20.9. The van der Waals surface area contributed by atoms with Gasteiger partial charge in [0.2, 0.25) is 0 Å². The minimum absolute atomic E-state index is 0. The molecule has 0 heterocycles. The van der Waals surface area contributed by atoms with Crippen LogP contribution in [0.25, 0.3) is 0 Å². The SMILES string of the molecule is CC(=O)CC(C)C[C@H](N)C(=O)O.[CsH]. The van der Waals surface area contributed by atoms with Gasteiger partial charge in [0.15, 0.2) is 0 Å². The van der Waals surface area contributed by atoms with Gasteiger partial charge in [0.1, 0.15) is 11.8 Å². The number of carbonyl (C=O) groups is 2. The monoisotopic (exact) mass is 307 g/mol. The summed E-state index contributed by atoms with van der Waals surface area (Å²) >= 11 is 0. The van der Waals surface area contributed by atoms with Crippen molar-refractivity contribution in [3.8, 4) is 0 Å². The van der Waals surface area contributed by atoms with Crippen molar-refractivity contribution in [3.63, 3.8) is 0 Å². The number of aliphatic carboxylic acids is 1. The molecule has 1 unspecified atom stereocenters. The van der Waals surface area contributed by atoms with Gasteiger partial charge in [-0.05, 0) is 19.3 Å². The summed E-state index contributed by atoms with van der Waals surface area (Å²) < 4.78 is 0. The summed E-state index contributed by atoms with van der Waals surface area (Å²) in [5, 5.41) is 8.46. The van der Waals surface area contributed by atoms with E-state index in [4.69, 9.17) is 10.8 Å². The molecule has 0 aromatic rings. The van der Waals surface area contributed by atoms with Crippen LogP contribution in [0.3, 0.4) is 0 Å². The molecule has 0 rings (SSSR count). The molecular weight excluding hydrogens is 291 g/mol. The third-order valence-electron chi connectivity index (χ3n) is 1.61. The second-order valence-corrected chi connectivity index (χ2v) is 3.19. The zero-order valence-corrected chi connectivity index (χ0v) is 7.41. The average Bonchev–Trinajstić information content (AvgIpc) is 1.84. The Morgan fingerprint density at radius 1 is 1.46 bits per heavy atom. The second kappa shape index (κ2) is 8.46. The molecule has 0 amide bonds. The molecule has 3 N–H and O–H groups in total. The van der Waals surface area contributed by atoms with E-state index in [0.29, 0.717) is 12.8 Å². The summed E-state index contributed by atoms with van der Waals surface area (Å²) in [7, 11) is 0. The Labute approximate surface area is 137 Å². The van der Waals surface area contributed by atoms with Crippen LogP contribution in [0.5, 0.6) is 0 Å². The Kier molecular flexibility index (Phi) is 10.8. The zero-order valence-electron chi connectivity index (χ0n) is 7.41. The number of rotatable bonds is 5. The molecule has 4 nitrogen and oxygen atoms in total. The predicted octanol–water partition coefficient (Wildman–Crippen LogP) is -0.245. The number of carbonyl (C=O) groups excluding carboxylic acids is 1. The van der Waals surface area contributed by atoms with E-state index in [2.05, 4.69) is 0 Å². The van der Waals surface area contributed by atoms with Crippen molar-refractivity contribution in [2.75, 3.05) is 0 Å². The van der Waals surface area contributed by atoms with Crippen LogP contribution in [0.4, 0.5) is 0 Å². The van der Waals surface area contributed by atoms with E-state index in [1.165, 1.54) is 6.92 Å². The van der Waals surface area contributed by atoms with Crippen LogP contribution in [-0.2, 0) is 9.59 Å². The standard InChI is InChI=1S/C8H15NO3.Cs.H/c1-5(3-6(2)10)4-7(9)8(11)12;;/h5,7H,3-4,9H2,1-2H3,(H,11,12);;/t5?,7-;;/m0../s1. The van der Waals surface area contributed by atoms with Crippen molar-refractivity contribution < 1.29 is 14.7 Å². The molecule has 0 saturated heterocycles. The van der Waals surface area contributed by atoms with Crippen LogP contribution >= 0.6 is 0 Å². The molecule has 5 heteroatoms. The topological polar surface area (TPSA) is 80.4 Å². The molecule has 0 bridgehead atoms. The number of nitrogens with two attached hydrogens (primary N) is 1. The molecule has 0 radical (unpaired) electrons. The Bertz CT molecular complexity index is 184. The van der Waals surface area contributed by atoms with Gasteiger partial charge in [0.05, 0.1) is 0 Å². The number of hydrogen-bond acceptors (Lipinski definition) is 3. The molecule has 0 aromatic carbocycles. The fourth-order valence-electron chi connectivity index (χ4n) is 1.11. The van der Waals surface area contributed by atoms with E-state index >= 15 is 0 Å². The van der Waals surface area contributed by atoms with Crippen molar-refractivity contribution in [2.45, 2.75) is 32.7 Å². The molecule has 0 fully saturated rings. The van der Waals surface area contributed by atoms with Crippen molar-refractivity contribution in [3.05, 3.63) is 0 Å². The van der Waals surface area contributed by atoms with Gasteiger partial charge >= 0.3 is 74.9 Å². The number of ketones is 1. The maximum absolute atomic E-state index is 10.6.